The molecule has 9 heteroatoms. The monoisotopic (exact) mass is 447 g/mol. The Labute approximate surface area is 192 Å². The fraction of sp³-hybridized carbons (Fsp3) is 0.333. The molecule has 4 rings (SSSR count). The zero-order valence-electron chi connectivity index (χ0n) is 19.6. The number of carbonyl (C=O) groups excluding carboxylic acids is 1. The maximum Gasteiger partial charge on any atom is 0.255 e. The molecule has 0 saturated heterocycles. The number of aryl methyl sites for hydroxylation is 2. The van der Waals surface area contributed by atoms with Gasteiger partial charge in [0.25, 0.3) is 5.91 Å². The second kappa shape index (κ2) is 9.41. The predicted octanol–water partition coefficient (Wildman–Crippen LogP) is 2.56. The minimum Gasteiger partial charge on any atom is -0.496 e. The Hall–Kier alpha value is -3.72. The van der Waals surface area contributed by atoms with E-state index in [9.17, 15) is 4.79 Å². The molecule has 33 heavy (non-hydrogen) atoms. The van der Waals surface area contributed by atoms with Crippen molar-refractivity contribution in [3.63, 3.8) is 0 Å². The van der Waals surface area contributed by atoms with Crippen molar-refractivity contribution in [1.82, 2.24) is 35.2 Å². The Morgan fingerprint density at radius 2 is 2.06 bits per heavy atom. The Kier molecular flexibility index (Phi) is 6.41. The molecule has 0 bridgehead atoms. The number of H-pyrrole nitrogens is 1. The van der Waals surface area contributed by atoms with Crippen LogP contribution in [-0.4, -0.2) is 70.1 Å². The Balaban J connectivity index is 1.56. The summed E-state index contributed by atoms with van der Waals surface area (Å²) in [7, 11) is 7.38. The van der Waals surface area contributed by atoms with Crippen LogP contribution in [0.5, 0.6) is 5.75 Å². The van der Waals surface area contributed by atoms with E-state index in [1.807, 2.05) is 50.4 Å². The van der Waals surface area contributed by atoms with E-state index in [0.717, 1.165) is 28.8 Å². The number of aromatic nitrogens is 5. The summed E-state index contributed by atoms with van der Waals surface area (Å²) in [5, 5.41) is 15.8. The van der Waals surface area contributed by atoms with E-state index < -0.39 is 0 Å². The van der Waals surface area contributed by atoms with Gasteiger partial charge in [0, 0.05) is 37.5 Å². The third-order valence-electron chi connectivity index (χ3n) is 5.76. The van der Waals surface area contributed by atoms with Crippen LogP contribution in [-0.2, 0) is 13.5 Å². The number of benzene rings is 2. The van der Waals surface area contributed by atoms with Gasteiger partial charge in [-0.25, -0.2) is 4.98 Å². The second-order valence-electron chi connectivity index (χ2n) is 8.31. The molecule has 1 amide bonds. The second-order valence-corrected chi connectivity index (χ2v) is 8.31. The molecule has 9 nitrogen and oxygen atoms in total. The highest BCUT2D eigenvalue weighted by Crippen LogP contribution is 2.27. The molecular formula is C24H29N7O2. The predicted molar refractivity (Wildman–Crippen MR) is 128 cm³/mol. The van der Waals surface area contributed by atoms with Crippen molar-refractivity contribution < 1.29 is 9.53 Å². The summed E-state index contributed by atoms with van der Waals surface area (Å²) in [6, 6.07) is 9.55. The van der Waals surface area contributed by atoms with Crippen LogP contribution in [0.1, 0.15) is 27.3 Å². The molecule has 0 aliphatic rings. The summed E-state index contributed by atoms with van der Waals surface area (Å²) in [4.78, 5) is 19.4. The number of rotatable bonds is 8. The first-order valence-corrected chi connectivity index (χ1v) is 10.8. The van der Waals surface area contributed by atoms with E-state index in [2.05, 4.69) is 33.6 Å². The van der Waals surface area contributed by atoms with E-state index in [1.165, 1.54) is 11.1 Å². The molecule has 2 N–H and O–H groups in total. The lowest BCUT2D eigenvalue weighted by molar-refractivity contribution is 0.0948. The van der Waals surface area contributed by atoms with E-state index in [-0.39, 0.29) is 5.91 Å². The standard InChI is InChI=1S/C24H29N7O2/c1-15-16(7-9-20-19(15)14-26-28-20)13-22-27-23(29-31(22)4)17-6-8-18(21(12-17)33-5)24(32)25-10-11-30(2)3/h6-9,12,14H,10-11,13H2,1-5H3,(H,25,32)(H,26,28). The number of fused-ring (bicyclic) bond motifs is 1. The van der Waals surface area contributed by atoms with Crippen LogP contribution in [0.3, 0.4) is 0 Å². The molecule has 172 valence electrons. The van der Waals surface area contributed by atoms with Crippen LogP contribution in [0.25, 0.3) is 22.3 Å². The van der Waals surface area contributed by atoms with Gasteiger partial charge in [0.15, 0.2) is 5.82 Å². The smallest absolute Gasteiger partial charge is 0.255 e. The molecule has 0 aliphatic carbocycles. The summed E-state index contributed by atoms with van der Waals surface area (Å²) >= 11 is 0. The topological polar surface area (TPSA) is 101 Å². The summed E-state index contributed by atoms with van der Waals surface area (Å²) in [6.07, 6.45) is 2.50. The molecule has 4 aromatic rings. The third-order valence-corrected chi connectivity index (χ3v) is 5.76. The van der Waals surface area contributed by atoms with E-state index >= 15 is 0 Å². The lowest BCUT2D eigenvalue weighted by Crippen LogP contribution is -2.31. The first-order chi connectivity index (χ1) is 15.9. The van der Waals surface area contributed by atoms with Crippen LogP contribution in [0.15, 0.2) is 36.5 Å². The molecule has 0 unspecified atom stereocenters. The van der Waals surface area contributed by atoms with Gasteiger partial charge in [-0.05, 0) is 50.3 Å². The molecule has 0 spiro atoms. The normalized spacial score (nSPS) is 11.3. The number of hydrogen-bond acceptors (Lipinski definition) is 6. The zero-order chi connectivity index (χ0) is 23.5. The third kappa shape index (κ3) is 4.73. The van der Waals surface area contributed by atoms with Gasteiger partial charge in [-0.1, -0.05) is 12.1 Å². The maximum atomic E-state index is 12.6. The van der Waals surface area contributed by atoms with Crippen molar-refractivity contribution in [2.24, 2.45) is 7.05 Å². The average molecular weight is 448 g/mol. The SMILES string of the molecule is COc1cc(-c2nc(Cc3ccc4[nH]ncc4c3C)n(C)n2)ccc1C(=O)NCCN(C)C. The number of aromatic amines is 1. The van der Waals surface area contributed by atoms with Crippen LogP contribution in [0.4, 0.5) is 0 Å². The van der Waals surface area contributed by atoms with Crippen molar-refractivity contribution in [3.05, 3.63) is 59.0 Å². The maximum absolute atomic E-state index is 12.6. The highest BCUT2D eigenvalue weighted by atomic mass is 16.5. The lowest BCUT2D eigenvalue weighted by atomic mass is 10.0. The molecule has 2 aromatic carbocycles. The van der Waals surface area contributed by atoms with Crippen LogP contribution in [0.2, 0.25) is 0 Å². The number of nitrogens with zero attached hydrogens (tertiary/aromatic N) is 5. The lowest BCUT2D eigenvalue weighted by Gasteiger charge is -2.12. The van der Waals surface area contributed by atoms with Crippen molar-refractivity contribution in [2.75, 3.05) is 34.3 Å². The molecule has 0 saturated carbocycles. The fourth-order valence-corrected chi connectivity index (χ4v) is 3.76. The Morgan fingerprint density at radius 3 is 2.82 bits per heavy atom. The molecule has 2 aromatic heterocycles. The number of amides is 1. The highest BCUT2D eigenvalue weighted by molar-refractivity contribution is 5.97. The van der Waals surface area contributed by atoms with Crippen molar-refractivity contribution in [2.45, 2.75) is 13.3 Å². The summed E-state index contributed by atoms with van der Waals surface area (Å²) in [5.41, 5.74) is 4.65. The number of carbonyl (C=O) groups is 1. The van der Waals surface area contributed by atoms with Gasteiger partial charge in [-0.3, -0.25) is 14.6 Å². The largest absolute Gasteiger partial charge is 0.496 e. The first kappa shape index (κ1) is 22.5. The average Bonchev–Trinajstić information content (AvgIpc) is 3.42. The number of likely N-dealkylation sites (N-methyl/N-ethyl adjacent to an activating group) is 1. The van der Waals surface area contributed by atoms with Crippen molar-refractivity contribution >= 4 is 16.8 Å². The summed E-state index contributed by atoms with van der Waals surface area (Å²) in [6.45, 7) is 3.42. The number of hydrogen-bond donors (Lipinski definition) is 2. The van der Waals surface area contributed by atoms with Crippen LogP contribution >= 0.6 is 0 Å². The molecule has 0 atom stereocenters. The fourth-order valence-electron chi connectivity index (χ4n) is 3.76. The van der Waals surface area contributed by atoms with Crippen LogP contribution < -0.4 is 10.1 Å². The molecule has 2 heterocycles. The van der Waals surface area contributed by atoms with Gasteiger partial charge in [-0.15, -0.1) is 0 Å². The van der Waals surface area contributed by atoms with Gasteiger partial charge < -0.3 is 15.0 Å². The minimum atomic E-state index is -0.167. The molecule has 0 aliphatic heterocycles. The van der Waals surface area contributed by atoms with E-state index in [1.54, 1.807) is 17.9 Å². The van der Waals surface area contributed by atoms with Gasteiger partial charge in [0.2, 0.25) is 0 Å². The van der Waals surface area contributed by atoms with Gasteiger partial charge in [-0.2, -0.15) is 10.2 Å². The number of nitrogens with one attached hydrogen (secondary N) is 2. The molecule has 0 radical (unpaired) electrons. The molecule has 0 fully saturated rings. The number of ether oxygens (including phenoxy) is 1. The van der Waals surface area contributed by atoms with Crippen molar-refractivity contribution in [3.8, 4) is 17.1 Å². The minimum absolute atomic E-state index is 0.167. The van der Waals surface area contributed by atoms with Crippen molar-refractivity contribution in [1.29, 1.82) is 0 Å². The Morgan fingerprint density at radius 1 is 1.24 bits per heavy atom. The summed E-state index contributed by atoms with van der Waals surface area (Å²) < 4.78 is 7.29. The Bertz CT molecular complexity index is 1290. The van der Waals surface area contributed by atoms with Gasteiger partial charge in [0.1, 0.15) is 11.6 Å². The van der Waals surface area contributed by atoms with E-state index in [4.69, 9.17) is 9.72 Å². The van der Waals surface area contributed by atoms with Crippen LogP contribution in [0, 0.1) is 6.92 Å². The zero-order valence-corrected chi connectivity index (χ0v) is 19.6. The van der Waals surface area contributed by atoms with Gasteiger partial charge in [0.05, 0.1) is 24.4 Å². The van der Waals surface area contributed by atoms with Gasteiger partial charge >= 0.3 is 0 Å². The molecular weight excluding hydrogens is 418 g/mol. The summed E-state index contributed by atoms with van der Waals surface area (Å²) in [5.74, 6) is 1.76. The highest BCUT2D eigenvalue weighted by Gasteiger charge is 2.17. The first-order valence-electron chi connectivity index (χ1n) is 10.8. The van der Waals surface area contributed by atoms with E-state index in [0.29, 0.717) is 30.1 Å². The number of methoxy groups -OCH3 is 1. The quantitative estimate of drug-likeness (QED) is 0.431.